The van der Waals surface area contributed by atoms with Gasteiger partial charge in [0.15, 0.2) is 0 Å². The Morgan fingerprint density at radius 3 is 2.03 bits per heavy atom. The number of alkyl halides is 9. The van der Waals surface area contributed by atoms with E-state index in [4.69, 9.17) is 0 Å². The molecule has 3 rings (SSSR count). The number of hydrazine groups is 1. The molecule has 16 heteroatoms. The second kappa shape index (κ2) is 10.9. The van der Waals surface area contributed by atoms with Crippen molar-refractivity contribution in [3.05, 3.63) is 94.6 Å². The highest BCUT2D eigenvalue weighted by Gasteiger charge is 2.42. The van der Waals surface area contributed by atoms with Gasteiger partial charge in [-0.25, -0.2) is 18.7 Å². The molecule has 3 aromatic rings. The van der Waals surface area contributed by atoms with Gasteiger partial charge in [-0.15, -0.1) is 0 Å². The van der Waals surface area contributed by atoms with Crippen LogP contribution in [0.2, 0.25) is 0 Å². The molecular weight excluding hydrogens is 557 g/mol. The molecule has 0 aliphatic carbocycles. The van der Waals surface area contributed by atoms with Crippen molar-refractivity contribution in [3.8, 4) is 0 Å². The molecule has 1 atom stereocenters. The molecule has 2 N–H and O–H groups in total. The number of anilines is 1. The zero-order chi connectivity index (χ0) is 29.2. The smallest absolute Gasteiger partial charge is 0.267 e. The molecule has 0 aliphatic rings. The highest BCUT2D eigenvalue weighted by Crippen LogP contribution is 2.42. The molecule has 0 saturated heterocycles. The lowest BCUT2D eigenvalue weighted by atomic mass is 9.94. The first-order chi connectivity index (χ1) is 18.0. The first kappa shape index (κ1) is 29.3. The molecule has 0 spiro atoms. The first-order valence-corrected chi connectivity index (χ1v) is 10.3. The molecule has 5 nitrogen and oxygen atoms in total. The van der Waals surface area contributed by atoms with E-state index in [9.17, 15) is 53.1 Å². The second-order valence-electron chi connectivity index (χ2n) is 7.68. The summed E-state index contributed by atoms with van der Waals surface area (Å²) in [6, 6.07) is 2.78. The summed E-state index contributed by atoms with van der Waals surface area (Å²) in [5, 5.41) is 0. The Hall–Kier alpha value is -4.24. The predicted molar refractivity (Wildman–Crippen MR) is 114 cm³/mol. The lowest BCUT2D eigenvalue weighted by Crippen LogP contribution is -2.32. The van der Waals surface area contributed by atoms with E-state index >= 15 is 0 Å². The number of hydrogen-bond donors (Lipinski definition) is 2. The zero-order valence-corrected chi connectivity index (χ0v) is 18.8. The Labute approximate surface area is 211 Å². The fraction of sp³-hybridized carbons (Fsp3) is 0.174. The molecule has 0 radical (unpaired) electrons. The van der Waals surface area contributed by atoms with E-state index in [2.05, 4.69) is 15.4 Å². The van der Waals surface area contributed by atoms with Crippen LogP contribution in [0.4, 0.5) is 54.2 Å². The predicted octanol–water partition coefficient (Wildman–Crippen LogP) is 7.07. The quantitative estimate of drug-likeness (QED) is 0.246. The van der Waals surface area contributed by atoms with Crippen molar-refractivity contribution in [2.45, 2.75) is 24.4 Å². The topological polar surface area (TPSA) is 66.9 Å². The number of benzene rings is 2. The Morgan fingerprint density at radius 2 is 1.46 bits per heavy atom. The molecule has 39 heavy (non-hydrogen) atoms. The van der Waals surface area contributed by atoms with Crippen LogP contribution in [0, 0.1) is 5.82 Å². The minimum atomic E-state index is -5.42. The van der Waals surface area contributed by atoms with E-state index in [-0.39, 0.29) is 30.2 Å². The first-order valence-electron chi connectivity index (χ1n) is 10.3. The molecule has 208 valence electrons. The number of carbonyl (C=O) groups excluding carboxylic acids is 1. The van der Waals surface area contributed by atoms with Gasteiger partial charge in [0.2, 0.25) is 5.95 Å². The van der Waals surface area contributed by atoms with Gasteiger partial charge in [-0.2, -0.15) is 39.5 Å². The van der Waals surface area contributed by atoms with Gasteiger partial charge in [-0.05, 0) is 42.0 Å². The summed E-state index contributed by atoms with van der Waals surface area (Å²) in [6.45, 7) is 0. The summed E-state index contributed by atoms with van der Waals surface area (Å²) in [4.78, 5) is 19.6. The molecule has 1 aromatic heterocycles. The SMILES string of the molecule is O=C(NNc1ncccn1)c1ccc(/C(F)=C/C(c2ccc(F)c(C(F)(F)F)c2)C(F)(F)F)cc1C(F)(F)F. The van der Waals surface area contributed by atoms with Crippen LogP contribution in [0.3, 0.4) is 0 Å². The van der Waals surface area contributed by atoms with E-state index in [0.717, 1.165) is 0 Å². The fourth-order valence-electron chi connectivity index (χ4n) is 3.24. The summed E-state index contributed by atoms with van der Waals surface area (Å²) in [6.07, 6.45) is -13.8. The van der Waals surface area contributed by atoms with Crippen molar-refractivity contribution < 1.29 is 53.1 Å². The van der Waals surface area contributed by atoms with Crippen LogP contribution in [0.25, 0.3) is 5.83 Å². The zero-order valence-electron chi connectivity index (χ0n) is 18.8. The van der Waals surface area contributed by atoms with Crippen molar-refractivity contribution in [2.75, 3.05) is 5.43 Å². The number of aromatic nitrogens is 2. The molecule has 2 aromatic carbocycles. The molecule has 1 amide bonds. The lowest BCUT2D eigenvalue weighted by molar-refractivity contribution is -0.143. The van der Waals surface area contributed by atoms with Crippen molar-refractivity contribution in [2.24, 2.45) is 0 Å². The fourth-order valence-corrected chi connectivity index (χ4v) is 3.24. The van der Waals surface area contributed by atoms with Crippen LogP contribution < -0.4 is 10.9 Å². The van der Waals surface area contributed by atoms with Gasteiger partial charge in [-0.3, -0.25) is 15.6 Å². The molecular formula is C23H13F11N4O. The Bertz CT molecular complexity index is 1370. The molecule has 0 aliphatic heterocycles. The standard InChI is InChI=1S/C23H13F11N4O/c24-17-5-3-11(8-16(17)23(32,33)34)14(21(26,27)28)10-18(25)12-2-4-13(15(9-12)22(29,30)31)19(39)37-38-20-35-6-1-7-36-20/h1-10,14H,(H,37,39)(H,35,36,38)/b18-10-. The molecule has 0 saturated carbocycles. The number of hydrogen-bond acceptors (Lipinski definition) is 4. The third kappa shape index (κ3) is 7.20. The van der Waals surface area contributed by atoms with Gasteiger partial charge in [0, 0.05) is 18.0 Å². The van der Waals surface area contributed by atoms with Gasteiger partial charge in [-0.1, -0.05) is 12.1 Å². The highest BCUT2D eigenvalue weighted by atomic mass is 19.4. The number of allylic oxidation sites excluding steroid dienone is 1. The van der Waals surface area contributed by atoms with E-state index < -0.39 is 69.8 Å². The Kier molecular flexibility index (Phi) is 8.16. The number of nitrogens with one attached hydrogen (secondary N) is 2. The summed E-state index contributed by atoms with van der Waals surface area (Å²) < 4.78 is 149. The van der Waals surface area contributed by atoms with Gasteiger partial charge >= 0.3 is 18.5 Å². The third-order valence-corrected chi connectivity index (χ3v) is 5.02. The minimum Gasteiger partial charge on any atom is -0.267 e. The number of rotatable bonds is 6. The van der Waals surface area contributed by atoms with Crippen LogP contribution in [0.5, 0.6) is 0 Å². The van der Waals surface area contributed by atoms with Crippen molar-refractivity contribution in [3.63, 3.8) is 0 Å². The Balaban J connectivity index is 2.00. The largest absolute Gasteiger partial charge is 0.419 e. The number of nitrogens with zero attached hydrogens (tertiary/aromatic N) is 2. The average Bonchev–Trinajstić information content (AvgIpc) is 2.84. The maximum absolute atomic E-state index is 14.9. The van der Waals surface area contributed by atoms with E-state index in [1.54, 1.807) is 0 Å². The van der Waals surface area contributed by atoms with Crippen LogP contribution in [0.1, 0.15) is 38.5 Å². The van der Waals surface area contributed by atoms with Crippen LogP contribution in [-0.2, 0) is 12.4 Å². The number of carbonyl (C=O) groups is 1. The van der Waals surface area contributed by atoms with Gasteiger partial charge in [0.05, 0.1) is 16.7 Å². The van der Waals surface area contributed by atoms with Gasteiger partial charge in [0.25, 0.3) is 5.91 Å². The molecule has 0 bridgehead atoms. The van der Waals surface area contributed by atoms with Gasteiger partial charge < -0.3 is 0 Å². The third-order valence-electron chi connectivity index (χ3n) is 5.02. The average molecular weight is 570 g/mol. The maximum atomic E-state index is 14.9. The van der Waals surface area contributed by atoms with Crippen molar-refractivity contribution >= 4 is 17.7 Å². The molecule has 0 fully saturated rings. The number of halogens is 11. The molecule has 1 heterocycles. The minimum absolute atomic E-state index is 0.0546. The maximum Gasteiger partial charge on any atom is 0.419 e. The normalized spacial score (nSPS) is 13.7. The Morgan fingerprint density at radius 1 is 0.846 bits per heavy atom. The summed E-state index contributed by atoms with van der Waals surface area (Å²) in [5.74, 6) is -8.45. The summed E-state index contributed by atoms with van der Waals surface area (Å²) >= 11 is 0. The monoisotopic (exact) mass is 570 g/mol. The van der Waals surface area contributed by atoms with Crippen LogP contribution >= 0.6 is 0 Å². The van der Waals surface area contributed by atoms with E-state index in [1.165, 1.54) is 18.5 Å². The number of amides is 1. The van der Waals surface area contributed by atoms with Crippen molar-refractivity contribution in [1.82, 2.24) is 15.4 Å². The summed E-state index contributed by atoms with van der Waals surface area (Å²) in [7, 11) is 0. The van der Waals surface area contributed by atoms with Crippen LogP contribution in [0.15, 0.2) is 60.9 Å². The molecule has 1 unspecified atom stereocenters. The highest BCUT2D eigenvalue weighted by molar-refractivity contribution is 5.96. The summed E-state index contributed by atoms with van der Waals surface area (Å²) in [5.41, 5.74) is -3.10. The van der Waals surface area contributed by atoms with E-state index in [0.29, 0.717) is 18.2 Å². The van der Waals surface area contributed by atoms with Crippen molar-refractivity contribution in [1.29, 1.82) is 0 Å². The van der Waals surface area contributed by atoms with E-state index in [1.807, 2.05) is 5.43 Å². The lowest BCUT2D eigenvalue weighted by Gasteiger charge is -2.20. The van der Waals surface area contributed by atoms with Gasteiger partial charge in [0.1, 0.15) is 17.6 Å². The second-order valence-corrected chi connectivity index (χ2v) is 7.68. The van der Waals surface area contributed by atoms with Crippen LogP contribution in [-0.4, -0.2) is 22.1 Å².